The number of rotatable bonds is 3. The Morgan fingerprint density at radius 1 is 1.05 bits per heavy atom. The van der Waals surface area contributed by atoms with Gasteiger partial charge in [-0.3, -0.25) is 0 Å². The number of benzene rings is 2. The third-order valence-electron chi connectivity index (χ3n) is 2.61. The zero-order valence-corrected chi connectivity index (χ0v) is 13.3. The summed E-state index contributed by atoms with van der Waals surface area (Å²) in [5.41, 5.74) is 5.92. The molecule has 116 valence electrons. The highest BCUT2D eigenvalue weighted by atomic mass is 35.5. The van der Waals surface area contributed by atoms with E-state index in [4.69, 9.17) is 28.9 Å². The molecule has 4 N–H and O–H groups in total. The van der Waals surface area contributed by atoms with Gasteiger partial charge in [-0.2, -0.15) is 0 Å². The second-order valence-electron chi connectivity index (χ2n) is 4.23. The lowest BCUT2D eigenvalue weighted by Crippen LogP contribution is -2.34. The van der Waals surface area contributed by atoms with Crippen molar-refractivity contribution < 1.29 is 13.2 Å². The van der Waals surface area contributed by atoms with E-state index in [0.29, 0.717) is 10.7 Å². The van der Waals surface area contributed by atoms with E-state index >= 15 is 0 Å². The maximum Gasteiger partial charge on any atom is 0.333 e. The fraction of sp³-hybridized carbons (Fsp3) is 0. The van der Waals surface area contributed by atoms with Crippen LogP contribution in [0, 0.1) is 0 Å². The van der Waals surface area contributed by atoms with Crippen LogP contribution in [0.25, 0.3) is 0 Å². The molecular formula is C13H11Cl2N3O3S. The number of para-hydroxylation sites is 1. The zero-order valence-electron chi connectivity index (χ0n) is 11.0. The first kappa shape index (κ1) is 16.4. The molecule has 2 rings (SSSR count). The van der Waals surface area contributed by atoms with Gasteiger partial charge in [0.1, 0.15) is 4.90 Å². The average Bonchev–Trinajstić information content (AvgIpc) is 2.42. The first-order valence-electron chi connectivity index (χ1n) is 5.93. The molecule has 0 fully saturated rings. The van der Waals surface area contributed by atoms with E-state index in [9.17, 15) is 13.2 Å². The van der Waals surface area contributed by atoms with Crippen LogP contribution in [0.15, 0.2) is 47.4 Å². The van der Waals surface area contributed by atoms with Crippen LogP contribution in [0.4, 0.5) is 16.2 Å². The van der Waals surface area contributed by atoms with Crippen LogP contribution in [0.1, 0.15) is 0 Å². The quantitative estimate of drug-likeness (QED) is 0.732. The Balaban J connectivity index is 2.14. The van der Waals surface area contributed by atoms with Crippen molar-refractivity contribution in [3.63, 3.8) is 0 Å². The van der Waals surface area contributed by atoms with Gasteiger partial charge in [0, 0.05) is 5.69 Å². The van der Waals surface area contributed by atoms with Crippen LogP contribution in [-0.4, -0.2) is 14.4 Å². The highest BCUT2D eigenvalue weighted by Gasteiger charge is 2.20. The highest BCUT2D eigenvalue weighted by Crippen LogP contribution is 2.25. The minimum atomic E-state index is -4.07. The van der Waals surface area contributed by atoms with Gasteiger partial charge in [0.2, 0.25) is 0 Å². The number of urea groups is 1. The molecule has 2 aromatic rings. The number of carbonyl (C=O) groups is 1. The van der Waals surface area contributed by atoms with Crippen molar-refractivity contribution in [2.75, 3.05) is 11.1 Å². The third kappa shape index (κ3) is 3.82. The minimum Gasteiger partial charge on any atom is -0.398 e. The van der Waals surface area contributed by atoms with Crippen molar-refractivity contribution >= 4 is 50.6 Å². The van der Waals surface area contributed by atoms with Gasteiger partial charge in [0.15, 0.2) is 0 Å². The Morgan fingerprint density at radius 2 is 1.73 bits per heavy atom. The van der Waals surface area contributed by atoms with Crippen molar-refractivity contribution in [2.45, 2.75) is 4.90 Å². The molecule has 9 heteroatoms. The van der Waals surface area contributed by atoms with Crippen LogP contribution in [0.3, 0.4) is 0 Å². The van der Waals surface area contributed by atoms with Crippen molar-refractivity contribution in [1.82, 2.24) is 4.72 Å². The molecule has 0 saturated carbocycles. The number of nitrogen functional groups attached to an aromatic ring is 1. The first-order valence-corrected chi connectivity index (χ1v) is 8.17. The molecule has 0 unspecified atom stereocenters. The SMILES string of the molecule is Nc1ccccc1S(=O)(=O)NC(=O)Nc1ccc(Cl)c(Cl)c1. The van der Waals surface area contributed by atoms with E-state index < -0.39 is 16.1 Å². The Bertz CT molecular complexity index is 825. The van der Waals surface area contributed by atoms with E-state index in [1.807, 2.05) is 4.72 Å². The molecule has 2 amide bonds. The molecule has 0 heterocycles. The first-order chi connectivity index (χ1) is 10.3. The summed E-state index contributed by atoms with van der Waals surface area (Å²) in [4.78, 5) is 11.6. The molecule has 0 atom stereocenters. The molecule has 0 aromatic heterocycles. The van der Waals surface area contributed by atoms with Crippen molar-refractivity contribution in [2.24, 2.45) is 0 Å². The van der Waals surface area contributed by atoms with Crippen LogP contribution < -0.4 is 15.8 Å². The molecule has 0 aliphatic rings. The topological polar surface area (TPSA) is 101 Å². The molecule has 0 aliphatic carbocycles. The predicted molar refractivity (Wildman–Crippen MR) is 86.7 cm³/mol. The molecule has 0 saturated heterocycles. The minimum absolute atomic E-state index is 0.0392. The summed E-state index contributed by atoms with van der Waals surface area (Å²) < 4.78 is 26.0. The summed E-state index contributed by atoms with van der Waals surface area (Å²) in [6.45, 7) is 0. The van der Waals surface area contributed by atoms with Crippen molar-refractivity contribution in [3.8, 4) is 0 Å². The van der Waals surface area contributed by atoms with Gasteiger partial charge in [0.25, 0.3) is 10.0 Å². The largest absolute Gasteiger partial charge is 0.398 e. The molecule has 0 aliphatic heterocycles. The Morgan fingerprint density at radius 3 is 2.36 bits per heavy atom. The van der Waals surface area contributed by atoms with E-state index in [1.54, 1.807) is 6.07 Å². The predicted octanol–water partition coefficient (Wildman–Crippen LogP) is 3.09. The van der Waals surface area contributed by atoms with E-state index in [2.05, 4.69) is 5.32 Å². The number of amides is 2. The third-order valence-corrected chi connectivity index (χ3v) is 4.76. The van der Waals surface area contributed by atoms with Crippen LogP contribution >= 0.6 is 23.2 Å². The van der Waals surface area contributed by atoms with Gasteiger partial charge < -0.3 is 11.1 Å². The van der Waals surface area contributed by atoms with Crippen LogP contribution in [0.5, 0.6) is 0 Å². The van der Waals surface area contributed by atoms with E-state index in [0.717, 1.165) is 0 Å². The zero-order chi connectivity index (χ0) is 16.3. The van der Waals surface area contributed by atoms with Crippen molar-refractivity contribution in [3.05, 3.63) is 52.5 Å². The molecular weight excluding hydrogens is 349 g/mol. The van der Waals surface area contributed by atoms with Crippen LogP contribution in [0.2, 0.25) is 10.0 Å². The number of nitrogens with one attached hydrogen (secondary N) is 2. The number of hydrogen-bond donors (Lipinski definition) is 3. The van der Waals surface area contributed by atoms with E-state index in [1.165, 1.54) is 36.4 Å². The standard InChI is InChI=1S/C13H11Cl2N3O3S/c14-9-6-5-8(7-10(9)15)17-13(19)18-22(20,21)12-4-2-1-3-11(12)16/h1-7H,16H2,(H2,17,18,19). The highest BCUT2D eigenvalue weighted by molar-refractivity contribution is 7.90. The second-order valence-corrected chi connectivity index (χ2v) is 6.69. The van der Waals surface area contributed by atoms with Gasteiger partial charge >= 0.3 is 6.03 Å². The van der Waals surface area contributed by atoms with Gasteiger partial charge in [-0.15, -0.1) is 0 Å². The monoisotopic (exact) mass is 359 g/mol. The normalized spacial score (nSPS) is 11.0. The van der Waals surface area contributed by atoms with Gasteiger partial charge in [-0.05, 0) is 30.3 Å². The summed E-state index contributed by atoms with van der Waals surface area (Å²) in [5, 5.41) is 2.89. The smallest absolute Gasteiger partial charge is 0.333 e. The maximum atomic E-state index is 12.1. The molecule has 2 aromatic carbocycles. The van der Waals surface area contributed by atoms with E-state index in [-0.39, 0.29) is 15.6 Å². The van der Waals surface area contributed by atoms with Crippen molar-refractivity contribution in [1.29, 1.82) is 0 Å². The lowest BCUT2D eigenvalue weighted by Gasteiger charge is -2.10. The number of halogens is 2. The Labute approximate surface area is 137 Å². The molecule has 0 radical (unpaired) electrons. The Hall–Kier alpha value is -1.96. The summed E-state index contributed by atoms with van der Waals surface area (Å²) in [5.74, 6) is 0. The fourth-order valence-corrected chi connectivity index (χ4v) is 2.97. The molecule has 22 heavy (non-hydrogen) atoms. The second kappa shape index (κ2) is 6.43. The summed E-state index contributed by atoms with van der Waals surface area (Å²) in [6, 6.07) is 9.22. The molecule has 0 bridgehead atoms. The maximum absolute atomic E-state index is 12.1. The van der Waals surface area contributed by atoms with Crippen LogP contribution in [-0.2, 0) is 10.0 Å². The number of hydrogen-bond acceptors (Lipinski definition) is 4. The van der Waals surface area contributed by atoms with Gasteiger partial charge in [-0.25, -0.2) is 17.9 Å². The van der Waals surface area contributed by atoms with Gasteiger partial charge in [-0.1, -0.05) is 35.3 Å². The molecule has 6 nitrogen and oxygen atoms in total. The summed E-state index contributed by atoms with van der Waals surface area (Å²) in [7, 11) is -4.07. The van der Waals surface area contributed by atoms with Gasteiger partial charge in [0.05, 0.1) is 15.7 Å². The average molecular weight is 360 g/mol. The lowest BCUT2D eigenvalue weighted by atomic mass is 10.3. The lowest BCUT2D eigenvalue weighted by molar-refractivity contribution is 0.256. The number of carbonyl (C=O) groups excluding carboxylic acids is 1. The summed E-state index contributed by atoms with van der Waals surface area (Å²) >= 11 is 11.6. The number of sulfonamides is 1. The summed E-state index contributed by atoms with van der Waals surface area (Å²) in [6.07, 6.45) is 0. The fourth-order valence-electron chi connectivity index (χ4n) is 1.63. The Kier molecular flexibility index (Phi) is 4.80. The molecule has 0 spiro atoms. The number of nitrogens with two attached hydrogens (primary N) is 1. The number of anilines is 2.